The Morgan fingerprint density at radius 2 is 1.71 bits per heavy atom. The zero-order chi connectivity index (χ0) is 18.1. The van der Waals surface area contributed by atoms with Crippen LogP contribution in [0.15, 0.2) is 24.3 Å². The second kappa shape index (κ2) is 10.1. The molecule has 1 aromatic rings. The van der Waals surface area contributed by atoms with Gasteiger partial charge < -0.3 is 10.2 Å². The van der Waals surface area contributed by atoms with E-state index in [4.69, 9.17) is 0 Å². The number of carbonyl (C=O) groups is 2. The van der Waals surface area contributed by atoms with Gasteiger partial charge in [-0.25, -0.2) is 0 Å². The van der Waals surface area contributed by atoms with E-state index in [-0.39, 0.29) is 17.9 Å². The van der Waals surface area contributed by atoms with Crippen molar-refractivity contribution >= 4 is 11.8 Å². The summed E-state index contributed by atoms with van der Waals surface area (Å²) in [5.74, 6) is -0.00681. The van der Waals surface area contributed by atoms with Crippen LogP contribution < -0.4 is 5.32 Å². The second-order valence-corrected chi connectivity index (χ2v) is 6.50. The molecule has 0 aliphatic carbocycles. The van der Waals surface area contributed by atoms with E-state index < -0.39 is 6.04 Å². The van der Waals surface area contributed by atoms with Crippen molar-refractivity contribution in [3.8, 4) is 0 Å². The van der Waals surface area contributed by atoms with Crippen LogP contribution in [-0.2, 0) is 16.1 Å². The Kier molecular flexibility index (Phi) is 8.51. The van der Waals surface area contributed by atoms with Crippen LogP contribution in [-0.4, -0.2) is 28.8 Å². The van der Waals surface area contributed by atoms with Crippen molar-refractivity contribution in [3.63, 3.8) is 0 Å². The van der Waals surface area contributed by atoms with Crippen molar-refractivity contribution in [2.24, 2.45) is 0 Å². The molecular formula is C20H32N2O2. The van der Waals surface area contributed by atoms with E-state index in [2.05, 4.69) is 5.32 Å². The van der Waals surface area contributed by atoms with Gasteiger partial charge in [-0.3, -0.25) is 9.59 Å². The molecular weight excluding hydrogens is 300 g/mol. The van der Waals surface area contributed by atoms with Crippen molar-refractivity contribution in [2.75, 3.05) is 0 Å². The van der Waals surface area contributed by atoms with Crippen LogP contribution in [0.25, 0.3) is 0 Å². The molecule has 0 heterocycles. The molecule has 1 aromatic carbocycles. The third-order valence-electron chi connectivity index (χ3n) is 4.32. The molecule has 1 rings (SSSR count). The van der Waals surface area contributed by atoms with E-state index in [1.165, 1.54) is 5.56 Å². The van der Waals surface area contributed by atoms with Crippen LogP contribution in [0.4, 0.5) is 0 Å². The fourth-order valence-corrected chi connectivity index (χ4v) is 2.61. The smallest absolute Gasteiger partial charge is 0.243 e. The monoisotopic (exact) mass is 332 g/mol. The summed E-state index contributed by atoms with van der Waals surface area (Å²) < 4.78 is 0. The first kappa shape index (κ1) is 20.2. The molecule has 4 heteroatoms. The number of carbonyl (C=O) groups excluding carboxylic acids is 2. The fraction of sp³-hybridized carbons (Fsp3) is 0.600. The number of benzene rings is 1. The van der Waals surface area contributed by atoms with E-state index in [0.717, 1.165) is 18.4 Å². The van der Waals surface area contributed by atoms with Crippen LogP contribution in [0.3, 0.4) is 0 Å². The molecule has 0 aliphatic rings. The van der Waals surface area contributed by atoms with E-state index in [1.807, 2.05) is 58.9 Å². The van der Waals surface area contributed by atoms with Gasteiger partial charge in [0.25, 0.3) is 0 Å². The third-order valence-corrected chi connectivity index (χ3v) is 4.32. The average molecular weight is 332 g/mol. The molecule has 4 nitrogen and oxygen atoms in total. The SMILES string of the molecule is CCCC(=O)N(Cc1ccc(C)cc1)[C@@H](CC)C(=O)N[C@@H](C)CC. The van der Waals surface area contributed by atoms with Gasteiger partial charge in [0.05, 0.1) is 0 Å². The molecule has 0 aromatic heterocycles. The molecule has 0 bridgehead atoms. The van der Waals surface area contributed by atoms with E-state index >= 15 is 0 Å². The van der Waals surface area contributed by atoms with Gasteiger partial charge in [0.15, 0.2) is 0 Å². The number of nitrogens with one attached hydrogen (secondary N) is 1. The third kappa shape index (κ3) is 5.99. The number of aryl methyl sites for hydroxylation is 1. The molecule has 0 aliphatic heterocycles. The maximum absolute atomic E-state index is 12.6. The minimum atomic E-state index is -0.417. The Morgan fingerprint density at radius 3 is 2.21 bits per heavy atom. The van der Waals surface area contributed by atoms with Crippen molar-refractivity contribution < 1.29 is 9.59 Å². The van der Waals surface area contributed by atoms with Crippen LogP contribution in [0.1, 0.15) is 64.5 Å². The second-order valence-electron chi connectivity index (χ2n) is 6.50. The number of hydrogen-bond acceptors (Lipinski definition) is 2. The Hall–Kier alpha value is -1.84. The first-order chi connectivity index (χ1) is 11.4. The standard InChI is InChI=1S/C20H32N2O2/c1-6-9-19(23)22(14-17-12-10-15(4)11-13-17)18(8-3)20(24)21-16(5)7-2/h10-13,16,18H,6-9,14H2,1-5H3,(H,21,24)/t16-,18-/m0/s1. The number of nitrogens with zero attached hydrogens (tertiary/aromatic N) is 1. The molecule has 0 unspecified atom stereocenters. The van der Waals surface area contributed by atoms with Crippen LogP contribution in [0, 0.1) is 6.92 Å². The largest absolute Gasteiger partial charge is 0.352 e. The topological polar surface area (TPSA) is 49.4 Å². The lowest BCUT2D eigenvalue weighted by molar-refractivity contribution is -0.141. The summed E-state index contributed by atoms with van der Waals surface area (Å²) in [6.07, 6.45) is 2.75. The van der Waals surface area contributed by atoms with Gasteiger partial charge in [-0.1, -0.05) is 50.6 Å². The fourth-order valence-electron chi connectivity index (χ4n) is 2.61. The van der Waals surface area contributed by atoms with Gasteiger partial charge in [-0.2, -0.15) is 0 Å². The zero-order valence-corrected chi connectivity index (χ0v) is 15.8. The molecule has 0 radical (unpaired) electrons. The minimum absolute atomic E-state index is 0.0456. The Labute approximate surface area is 146 Å². The quantitative estimate of drug-likeness (QED) is 0.747. The van der Waals surface area contributed by atoms with E-state index in [9.17, 15) is 9.59 Å². The van der Waals surface area contributed by atoms with Crippen molar-refractivity contribution in [3.05, 3.63) is 35.4 Å². The molecule has 134 valence electrons. The molecule has 0 saturated carbocycles. The summed E-state index contributed by atoms with van der Waals surface area (Å²) in [5, 5.41) is 3.02. The van der Waals surface area contributed by atoms with Gasteiger partial charge in [-0.05, 0) is 38.7 Å². The predicted octanol–water partition coefficient (Wildman–Crippen LogP) is 3.82. The van der Waals surface area contributed by atoms with E-state index in [1.54, 1.807) is 4.90 Å². The van der Waals surface area contributed by atoms with Gasteiger partial charge >= 0.3 is 0 Å². The summed E-state index contributed by atoms with van der Waals surface area (Å²) in [6, 6.07) is 7.84. The average Bonchev–Trinajstić information content (AvgIpc) is 2.56. The van der Waals surface area contributed by atoms with Crippen LogP contribution in [0.2, 0.25) is 0 Å². The maximum Gasteiger partial charge on any atom is 0.243 e. The van der Waals surface area contributed by atoms with Gasteiger partial charge in [-0.15, -0.1) is 0 Å². The summed E-state index contributed by atoms with van der Waals surface area (Å²) >= 11 is 0. The maximum atomic E-state index is 12.6. The van der Waals surface area contributed by atoms with Crippen molar-refractivity contribution in [1.29, 1.82) is 0 Å². The van der Waals surface area contributed by atoms with Gasteiger partial charge in [0.2, 0.25) is 11.8 Å². The van der Waals surface area contributed by atoms with Crippen molar-refractivity contribution in [2.45, 2.75) is 78.9 Å². The molecule has 0 saturated heterocycles. The Balaban J connectivity index is 2.98. The highest BCUT2D eigenvalue weighted by Crippen LogP contribution is 2.15. The van der Waals surface area contributed by atoms with Gasteiger partial charge in [0, 0.05) is 19.0 Å². The predicted molar refractivity (Wildman–Crippen MR) is 98.6 cm³/mol. The molecule has 0 fully saturated rings. The first-order valence-corrected chi connectivity index (χ1v) is 9.08. The molecule has 1 N–H and O–H groups in total. The highest BCUT2D eigenvalue weighted by Gasteiger charge is 2.28. The lowest BCUT2D eigenvalue weighted by Crippen LogP contribution is -2.50. The van der Waals surface area contributed by atoms with Gasteiger partial charge in [0.1, 0.15) is 6.04 Å². The van der Waals surface area contributed by atoms with Crippen molar-refractivity contribution in [1.82, 2.24) is 10.2 Å². The molecule has 2 atom stereocenters. The number of rotatable bonds is 9. The summed E-state index contributed by atoms with van der Waals surface area (Å²) in [7, 11) is 0. The number of amides is 2. The Morgan fingerprint density at radius 1 is 1.08 bits per heavy atom. The minimum Gasteiger partial charge on any atom is -0.352 e. The summed E-state index contributed by atoms with van der Waals surface area (Å²) in [4.78, 5) is 27.0. The Bertz CT molecular complexity index is 525. The summed E-state index contributed by atoms with van der Waals surface area (Å²) in [5.41, 5.74) is 2.24. The molecule has 24 heavy (non-hydrogen) atoms. The molecule has 0 spiro atoms. The number of hydrogen-bond donors (Lipinski definition) is 1. The van der Waals surface area contributed by atoms with Crippen LogP contribution >= 0.6 is 0 Å². The highest BCUT2D eigenvalue weighted by molar-refractivity contribution is 5.87. The molecule has 2 amide bonds. The van der Waals surface area contributed by atoms with E-state index in [0.29, 0.717) is 19.4 Å². The summed E-state index contributed by atoms with van der Waals surface area (Å²) in [6.45, 7) is 10.5. The first-order valence-electron chi connectivity index (χ1n) is 9.08. The lowest BCUT2D eigenvalue weighted by Gasteiger charge is -2.31. The highest BCUT2D eigenvalue weighted by atomic mass is 16.2. The zero-order valence-electron chi connectivity index (χ0n) is 15.8. The van der Waals surface area contributed by atoms with Crippen LogP contribution in [0.5, 0.6) is 0 Å². The normalized spacial score (nSPS) is 13.2. The lowest BCUT2D eigenvalue weighted by atomic mass is 10.1.